The Labute approximate surface area is 129 Å². The molecule has 3 N–H and O–H groups in total. The Morgan fingerprint density at radius 2 is 1.73 bits per heavy atom. The minimum Gasteiger partial charge on any atom is -0.497 e. The fourth-order valence-corrected chi connectivity index (χ4v) is 1.87. The molecule has 0 bridgehead atoms. The SMILES string of the molecule is CCC(C)[C@H](NC(=O)Nc1cc(OC)cc(OC)c1)C(=O)O. The van der Waals surface area contributed by atoms with Gasteiger partial charge in [-0.15, -0.1) is 0 Å². The molecule has 7 heteroatoms. The maximum atomic E-state index is 12.0. The van der Waals surface area contributed by atoms with E-state index in [4.69, 9.17) is 9.47 Å². The van der Waals surface area contributed by atoms with Crippen LogP contribution in [0.4, 0.5) is 10.5 Å². The number of aliphatic carboxylic acids is 1. The molecule has 2 atom stereocenters. The van der Waals surface area contributed by atoms with Crippen LogP contribution in [0.5, 0.6) is 11.5 Å². The second-order valence-electron chi connectivity index (χ2n) is 4.90. The lowest BCUT2D eigenvalue weighted by molar-refractivity contribution is -0.140. The van der Waals surface area contributed by atoms with E-state index in [9.17, 15) is 14.7 Å². The Morgan fingerprint density at radius 1 is 1.18 bits per heavy atom. The zero-order chi connectivity index (χ0) is 16.7. The number of carboxylic acid groups (broad SMARTS) is 1. The van der Waals surface area contributed by atoms with E-state index < -0.39 is 18.0 Å². The van der Waals surface area contributed by atoms with Crippen LogP contribution >= 0.6 is 0 Å². The van der Waals surface area contributed by atoms with Crippen LogP contribution in [0.15, 0.2) is 18.2 Å². The quantitative estimate of drug-likeness (QED) is 0.718. The monoisotopic (exact) mass is 310 g/mol. The molecule has 2 amide bonds. The van der Waals surface area contributed by atoms with Crippen molar-refractivity contribution in [1.82, 2.24) is 5.32 Å². The van der Waals surface area contributed by atoms with Crippen LogP contribution in [-0.4, -0.2) is 37.4 Å². The summed E-state index contributed by atoms with van der Waals surface area (Å²) in [5.74, 6) is -0.200. The number of ether oxygens (including phenoxy) is 2. The minimum absolute atomic E-state index is 0.178. The molecule has 122 valence electrons. The van der Waals surface area contributed by atoms with E-state index in [1.165, 1.54) is 14.2 Å². The zero-order valence-electron chi connectivity index (χ0n) is 13.2. The highest BCUT2D eigenvalue weighted by atomic mass is 16.5. The summed E-state index contributed by atoms with van der Waals surface area (Å²) >= 11 is 0. The standard InChI is InChI=1S/C15H22N2O5/c1-5-9(2)13(14(18)19)17-15(20)16-10-6-11(21-3)8-12(7-10)22-4/h6-9,13H,5H2,1-4H3,(H,18,19)(H2,16,17,20)/t9?,13-/m0/s1. The van der Waals surface area contributed by atoms with Crippen LogP contribution in [0.2, 0.25) is 0 Å². The van der Waals surface area contributed by atoms with E-state index in [0.717, 1.165) is 0 Å². The number of hydrogen-bond donors (Lipinski definition) is 3. The molecule has 0 heterocycles. The maximum absolute atomic E-state index is 12.0. The van der Waals surface area contributed by atoms with Gasteiger partial charge in [0.1, 0.15) is 17.5 Å². The smallest absolute Gasteiger partial charge is 0.326 e. The first-order valence-corrected chi connectivity index (χ1v) is 6.94. The van der Waals surface area contributed by atoms with Crippen LogP contribution < -0.4 is 20.1 Å². The summed E-state index contributed by atoms with van der Waals surface area (Å²) in [5.41, 5.74) is 0.446. The van der Waals surface area contributed by atoms with Gasteiger partial charge >= 0.3 is 12.0 Å². The molecule has 22 heavy (non-hydrogen) atoms. The molecule has 0 aliphatic rings. The highest BCUT2D eigenvalue weighted by molar-refractivity contribution is 5.92. The molecule has 0 radical (unpaired) electrons. The lowest BCUT2D eigenvalue weighted by Gasteiger charge is -2.20. The van der Waals surface area contributed by atoms with Crippen molar-refractivity contribution in [3.63, 3.8) is 0 Å². The second-order valence-corrected chi connectivity index (χ2v) is 4.90. The van der Waals surface area contributed by atoms with Gasteiger partial charge in [0.25, 0.3) is 0 Å². The molecule has 7 nitrogen and oxygen atoms in total. The molecule has 1 aromatic carbocycles. The Morgan fingerprint density at radius 3 is 2.14 bits per heavy atom. The number of hydrogen-bond acceptors (Lipinski definition) is 4. The third-order valence-corrected chi connectivity index (χ3v) is 3.37. The summed E-state index contributed by atoms with van der Waals surface area (Å²) in [7, 11) is 3.00. The Balaban J connectivity index is 2.81. The molecule has 0 fully saturated rings. The van der Waals surface area contributed by atoms with Gasteiger partial charge in [0, 0.05) is 23.9 Å². The minimum atomic E-state index is -1.06. The number of rotatable bonds is 7. The van der Waals surface area contributed by atoms with Crippen LogP contribution in [0.25, 0.3) is 0 Å². The van der Waals surface area contributed by atoms with Crippen molar-refractivity contribution in [2.24, 2.45) is 5.92 Å². The molecular formula is C15H22N2O5. The lowest BCUT2D eigenvalue weighted by atomic mass is 9.99. The number of urea groups is 1. The van der Waals surface area contributed by atoms with Gasteiger partial charge in [0.05, 0.1) is 14.2 Å². The summed E-state index contributed by atoms with van der Waals surface area (Å²) in [5, 5.41) is 14.2. The molecule has 1 aromatic rings. The van der Waals surface area contributed by atoms with Gasteiger partial charge in [0.15, 0.2) is 0 Å². The largest absolute Gasteiger partial charge is 0.497 e. The van der Waals surface area contributed by atoms with Crippen LogP contribution in [0.1, 0.15) is 20.3 Å². The number of carboxylic acids is 1. The van der Waals surface area contributed by atoms with Crippen molar-refractivity contribution >= 4 is 17.7 Å². The first-order valence-electron chi connectivity index (χ1n) is 6.94. The molecule has 0 saturated heterocycles. The number of benzene rings is 1. The number of nitrogens with one attached hydrogen (secondary N) is 2. The fraction of sp³-hybridized carbons (Fsp3) is 0.467. The van der Waals surface area contributed by atoms with E-state index in [0.29, 0.717) is 23.6 Å². The summed E-state index contributed by atoms with van der Waals surface area (Å²) in [4.78, 5) is 23.2. The van der Waals surface area contributed by atoms with Crippen LogP contribution in [-0.2, 0) is 4.79 Å². The van der Waals surface area contributed by atoms with E-state index in [1.54, 1.807) is 25.1 Å². The summed E-state index contributed by atoms with van der Waals surface area (Å²) in [6.45, 7) is 3.64. The van der Waals surface area contributed by atoms with Crippen LogP contribution in [0, 0.1) is 5.92 Å². The average molecular weight is 310 g/mol. The third kappa shape index (κ3) is 4.83. The molecular weight excluding hydrogens is 288 g/mol. The van der Waals surface area contributed by atoms with Gasteiger partial charge in [-0.3, -0.25) is 0 Å². The number of carbonyl (C=O) groups is 2. The van der Waals surface area contributed by atoms with Gasteiger partial charge in [-0.1, -0.05) is 20.3 Å². The average Bonchev–Trinajstić information content (AvgIpc) is 2.50. The highest BCUT2D eigenvalue weighted by Gasteiger charge is 2.25. The number of methoxy groups -OCH3 is 2. The van der Waals surface area contributed by atoms with Gasteiger partial charge in [0.2, 0.25) is 0 Å². The molecule has 0 spiro atoms. The van der Waals surface area contributed by atoms with Gasteiger partial charge in [-0.05, 0) is 5.92 Å². The van der Waals surface area contributed by atoms with Crippen molar-refractivity contribution in [2.75, 3.05) is 19.5 Å². The molecule has 0 aliphatic carbocycles. The molecule has 0 saturated carbocycles. The Hall–Kier alpha value is -2.44. The molecule has 1 rings (SSSR count). The Kier molecular flexibility index (Phi) is 6.49. The van der Waals surface area contributed by atoms with Crippen LogP contribution in [0.3, 0.4) is 0 Å². The summed E-state index contributed by atoms with van der Waals surface area (Å²) in [6.07, 6.45) is 0.643. The maximum Gasteiger partial charge on any atom is 0.326 e. The van der Waals surface area contributed by atoms with E-state index in [2.05, 4.69) is 10.6 Å². The van der Waals surface area contributed by atoms with Crippen molar-refractivity contribution in [3.05, 3.63) is 18.2 Å². The third-order valence-electron chi connectivity index (χ3n) is 3.37. The van der Waals surface area contributed by atoms with E-state index in [1.807, 2.05) is 6.92 Å². The van der Waals surface area contributed by atoms with Crippen molar-refractivity contribution in [2.45, 2.75) is 26.3 Å². The highest BCUT2D eigenvalue weighted by Crippen LogP contribution is 2.25. The Bertz CT molecular complexity index is 510. The second kappa shape index (κ2) is 8.11. The molecule has 0 aliphatic heterocycles. The number of amides is 2. The van der Waals surface area contributed by atoms with Crippen molar-refractivity contribution < 1.29 is 24.2 Å². The lowest BCUT2D eigenvalue weighted by Crippen LogP contribution is -2.46. The van der Waals surface area contributed by atoms with Gasteiger partial charge in [-0.2, -0.15) is 0 Å². The first kappa shape index (κ1) is 17.6. The number of anilines is 1. The predicted molar refractivity (Wildman–Crippen MR) is 82.6 cm³/mol. The normalized spacial score (nSPS) is 12.9. The molecule has 0 aromatic heterocycles. The summed E-state index contributed by atoms with van der Waals surface area (Å²) < 4.78 is 10.2. The van der Waals surface area contributed by atoms with Gasteiger partial charge < -0.3 is 25.2 Å². The topological polar surface area (TPSA) is 96.9 Å². The summed E-state index contributed by atoms with van der Waals surface area (Å²) in [6, 6.07) is 3.35. The fourth-order valence-electron chi connectivity index (χ4n) is 1.87. The van der Waals surface area contributed by atoms with E-state index in [-0.39, 0.29) is 5.92 Å². The van der Waals surface area contributed by atoms with Gasteiger partial charge in [-0.25, -0.2) is 9.59 Å². The number of carbonyl (C=O) groups excluding carboxylic acids is 1. The first-order chi connectivity index (χ1) is 10.4. The molecule has 1 unspecified atom stereocenters. The predicted octanol–water partition coefficient (Wildman–Crippen LogP) is 2.32. The van der Waals surface area contributed by atoms with E-state index >= 15 is 0 Å². The van der Waals surface area contributed by atoms with Crippen molar-refractivity contribution in [3.8, 4) is 11.5 Å². The van der Waals surface area contributed by atoms with Crippen molar-refractivity contribution in [1.29, 1.82) is 0 Å². The zero-order valence-corrected chi connectivity index (χ0v) is 13.2.